The number of fused-ring (bicyclic) bond motifs is 1. The van der Waals surface area contributed by atoms with E-state index in [1.54, 1.807) is 7.05 Å². The third kappa shape index (κ3) is 3.38. The van der Waals surface area contributed by atoms with Crippen LogP contribution in [0.1, 0.15) is 31.2 Å². The maximum atomic E-state index is 12.9. The lowest BCUT2D eigenvalue weighted by atomic mass is 9.79. The van der Waals surface area contributed by atoms with E-state index in [4.69, 9.17) is 4.74 Å². The summed E-state index contributed by atoms with van der Waals surface area (Å²) in [6.45, 7) is 0.274. The highest BCUT2D eigenvalue weighted by atomic mass is 16.5. The van der Waals surface area contributed by atoms with Crippen LogP contribution in [-0.4, -0.2) is 43.5 Å². The predicted octanol–water partition coefficient (Wildman–Crippen LogP) is 2.61. The summed E-state index contributed by atoms with van der Waals surface area (Å²) >= 11 is 0. The zero-order chi connectivity index (χ0) is 18.0. The van der Waals surface area contributed by atoms with Crippen LogP contribution in [-0.2, 0) is 20.7 Å². The molecule has 0 bridgehead atoms. The Morgan fingerprint density at radius 1 is 1.20 bits per heavy atom. The number of para-hydroxylation sites is 1. The molecule has 2 aliphatic rings. The highest BCUT2D eigenvalue weighted by molar-refractivity contribution is 6.06. The maximum Gasteiger partial charge on any atom is 0.330 e. The van der Waals surface area contributed by atoms with Crippen molar-refractivity contribution in [2.24, 2.45) is 11.8 Å². The van der Waals surface area contributed by atoms with Gasteiger partial charge in [0.2, 0.25) is 5.91 Å². The minimum Gasteiger partial charge on any atom is -0.469 e. The summed E-state index contributed by atoms with van der Waals surface area (Å²) in [6.07, 6.45) is 3.76. The topological polar surface area (TPSA) is 66.9 Å². The Balaban J connectivity index is 1.83. The molecule has 1 aliphatic heterocycles. The largest absolute Gasteiger partial charge is 0.469 e. The Bertz CT molecular complexity index is 688. The third-order valence-corrected chi connectivity index (χ3v) is 5.34. The number of carbonyl (C=O) groups excluding carboxylic acids is 3. The molecule has 25 heavy (non-hydrogen) atoms. The van der Waals surface area contributed by atoms with Gasteiger partial charge in [-0.2, -0.15) is 0 Å². The van der Waals surface area contributed by atoms with Gasteiger partial charge in [-0.15, -0.1) is 0 Å². The standard InChI is InChI=1S/C19H24N2O4/c1-20-16-10-6-4-7-13(16)11-17(22)21(19(20)24)12-14-8-3-5-9-15(14)18(23)25-2/h4,6-7,10,14-15H,3,5,8-9,11-12H2,1-2H3. The summed E-state index contributed by atoms with van der Waals surface area (Å²) in [6, 6.07) is 7.12. The first-order valence-corrected chi connectivity index (χ1v) is 8.76. The van der Waals surface area contributed by atoms with Crippen molar-refractivity contribution in [3.63, 3.8) is 0 Å². The smallest absolute Gasteiger partial charge is 0.330 e. The van der Waals surface area contributed by atoms with E-state index in [9.17, 15) is 14.4 Å². The van der Waals surface area contributed by atoms with Crippen molar-refractivity contribution >= 4 is 23.6 Å². The van der Waals surface area contributed by atoms with Crippen molar-refractivity contribution in [1.29, 1.82) is 0 Å². The van der Waals surface area contributed by atoms with Crippen LogP contribution in [0.3, 0.4) is 0 Å². The summed E-state index contributed by atoms with van der Waals surface area (Å²) in [5.41, 5.74) is 1.61. The van der Waals surface area contributed by atoms with Gasteiger partial charge in [-0.05, 0) is 30.4 Å². The van der Waals surface area contributed by atoms with Crippen LogP contribution in [0.25, 0.3) is 0 Å². The number of amides is 3. The maximum absolute atomic E-state index is 12.9. The fourth-order valence-electron chi connectivity index (χ4n) is 3.94. The molecular formula is C19H24N2O4. The van der Waals surface area contributed by atoms with Crippen LogP contribution in [0.2, 0.25) is 0 Å². The molecule has 6 heteroatoms. The van der Waals surface area contributed by atoms with E-state index in [1.165, 1.54) is 16.9 Å². The molecule has 1 saturated carbocycles. The van der Waals surface area contributed by atoms with Crippen LogP contribution in [0.4, 0.5) is 10.5 Å². The molecule has 1 aliphatic carbocycles. The molecular weight excluding hydrogens is 320 g/mol. The van der Waals surface area contributed by atoms with Crippen molar-refractivity contribution in [1.82, 2.24) is 4.90 Å². The number of ether oxygens (including phenoxy) is 1. The first-order valence-electron chi connectivity index (χ1n) is 8.76. The number of hydrogen-bond donors (Lipinski definition) is 0. The third-order valence-electron chi connectivity index (χ3n) is 5.34. The fourth-order valence-corrected chi connectivity index (χ4v) is 3.94. The van der Waals surface area contributed by atoms with Crippen molar-refractivity contribution in [3.8, 4) is 0 Å². The average Bonchev–Trinajstić information content (AvgIpc) is 2.72. The van der Waals surface area contributed by atoms with Crippen LogP contribution in [0.15, 0.2) is 24.3 Å². The van der Waals surface area contributed by atoms with Crippen molar-refractivity contribution in [3.05, 3.63) is 29.8 Å². The molecule has 0 spiro atoms. The summed E-state index contributed by atoms with van der Waals surface area (Å²) in [5, 5.41) is 0. The van der Waals surface area contributed by atoms with Gasteiger partial charge < -0.3 is 4.74 Å². The van der Waals surface area contributed by atoms with Crippen LogP contribution < -0.4 is 4.90 Å². The quantitative estimate of drug-likeness (QED) is 0.791. The Hall–Kier alpha value is -2.37. The summed E-state index contributed by atoms with van der Waals surface area (Å²) in [4.78, 5) is 40.5. The molecule has 2 atom stereocenters. The summed E-state index contributed by atoms with van der Waals surface area (Å²) in [5.74, 6) is -0.731. The number of carbonyl (C=O) groups is 3. The van der Waals surface area contributed by atoms with Crippen LogP contribution in [0.5, 0.6) is 0 Å². The van der Waals surface area contributed by atoms with Gasteiger partial charge >= 0.3 is 12.0 Å². The minimum absolute atomic E-state index is 0.0382. The van der Waals surface area contributed by atoms with Gasteiger partial charge in [-0.1, -0.05) is 31.0 Å². The molecule has 134 valence electrons. The van der Waals surface area contributed by atoms with Crippen molar-refractivity contribution in [2.75, 3.05) is 25.6 Å². The number of benzene rings is 1. The molecule has 2 unspecified atom stereocenters. The molecule has 1 aromatic carbocycles. The number of hydrogen-bond acceptors (Lipinski definition) is 4. The highest BCUT2D eigenvalue weighted by Crippen LogP contribution is 2.33. The van der Waals surface area contributed by atoms with Gasteiger partial charge in [0.1, 0.15) is 0 Å². The number of nitrogens with zero attached hydrogens (tertiary/aromatic N) is 2. The van der Waals surface area contributed by atoms with Gasteiger partial charge in [0.15, 0.2) is 0 Å². The van der Waals surface area contributed by atoms with E-state index in [2.05, 4.69) is 0 Å². The first kappa shape index (κ1) is 17.5. The molecule has 1 heterocycles. The molecule has 0 saturated heterocycles. The van der Waals surface area contributed by atoms with Crippen molar-refractivity contribution in [2.45, 2.75) is 32.1 Å². The molecule has 0 aromatic heterocycles. The van der Waals surface area contributed by atoms with Crippen LogP contribution in [0, 0.1) is 11.8 Å². The summed E-state index contributed by atoms with van der Waals surface area (Å²) < 4.78 is 4.92. The Morgan fingerprint density at radius 2 is 1.92 bits per heavy atom. The van der Waals surface area contributed by atoms with E-state index in [1.807, 2.05) is 24.3 Å². The van der Waals surface area contributed by atoms with E-state index < -0.39 is 0 Å². The van der Waals surface area contributed by atoms with Crippen molar-refractivity contribution < 1.29 is 19.1 Å². The second-order valence-corrected chi connectivity index (χ2v) is 6.83. The van der Waals surface area contributed by atoms with E-state index in [-0.39, 0.29) is 42.7 Å². The van der Waals surface area contributed by atoms with Gasteiger partial charge in [-0.3, -0.25) is 19.4 Å². The molecule has 0 radical (unpaired) electrons. The average molecular weight is 344 g/mol. The predicted molar refractivity (Wildman–Crippen MR) is 93.1 cm³/mol. The number of esters is 1. The lowest BCUT2D eigenvalue weighted by Crippen LogP contribution is -2.48. The van der Waals surface area contributed by atoms with E-state index in [0.29, 0.717) is 0 Å². The minimum atomic E-state index is -0.330. The lowest BCUT2D eigenvalue weighted by Gasteiger charge is -2.33. The molecule has 3 amide bonds. The summed E-state index contributed by atoms with van der Waals surface area (Å²) in [7, 11) is 3.08. The first-order chi connectivity index (χ1) is 12.0. The second kappa shape index (κ2) is 7.25. The molecule has 3 rings (SSSR count). The number of urea groups is 1. The van der Waals surface area contributed by atoms with Gasteiger partial charge in [-0.25, -0.2) is 4.79 Å². The molecule has 6 nitrogen and oxygen atoms in total. The monoisotopic (exact) mass is 344 g/mol. The van der Waals surface area contributed by atoms with Gasteiger partial charge in [0, 0.05) is 19.3 Å². The Kier molecular flexibility index (Phi) is 5.06. The second-order valence-electron chi connectivity index (χ2n) is 6.83. The normalized spacial score (nSPS) is 23.9. The van der Waals surface area contributed by atoms with E-state index in [0.717, 1.165) is 36.9 Å². The molecule has 1 aromatic rings. The van der Waals surface area contributed by atoms with Gasteiger partial charge in [0.25, 0.3) is 0 Å². The SMILES string of the molecule is COC(=O)C1CCCCC1CN1C(=O)Cc2ccccc2N(C)C1=O. The fraction of sp³-hybridized carbons (Fsp3) is 0.526. The Labute approximate surface area is 147 Å². The lowest BCUT2D eigenvalue weighted by molar-refractivity contribution is -0.149. The molecule has 1 fully saturated rings. The van der Waals surface area contributed by atoms with Crippen LogP contribution >= 0.6 is 0 Å². The number of methoxy groups -OCH3 is 1. The molecule has 0 N–H and O–H groups in total. The van der Waals surface area contributed by atoms with Gasteiger partial charge in [0.05, 0.1) is 19.4 Å². The zero-order valence-electron chi connectivity index (χ0n) is 14.7. The number of imide groups is 1. The highest BCUT2D eigenvalue weighted by Gasteiger charge is 2.38. The zero-order valence-corrected chi connectivity index (χ0v) is 14.7. The van der Waals surface area contributed by atoms with E-state index >= 15 is 0 Å². The number of rotatable bonds is 3. The Morgan fingerprint density at radius 3 is 2.68 bits per heavy atom. The number of anilines is 1.